The molecule has 1 aliphatic carbocycles. The number of benzene rings is 2. The van der Waals surface area contributed by atoms with E-state index < -0.39 is 23.5 Å². The maximum atomic E-state index is 14.2. The van der Waals surface area contributed by atoms with Gasteiger partial charge in [-0.15, -0.1) is 0 Å². The van der Waals surface area contributed by atoms with Gasteiger partial charge in [0.2, 0.25) is 17.6 Å². The molecule has 4 atom stereocenters. The third-order valence-electron chi connectivity index (χ3n) is 6.98. The third-order valence-corrected chi connectivity index (χ3v) is 6.98. The molecule has 2 heterocycles. The fourth-order valence-corrected chi connectivity index (χ4v) is 5.30. The second-order valence-electron chi connectivity index (χ2n) is 9.05. The van der Waals surface area contributed by atoms with E-state index >= 15 is 0 Å². The summed E-state index contributed by atoms with van der Waals surface area (Å²) in [5.74, 6) is -2.14. The zero-order valence-electron chi connectivity index (χ0n) is 18.7. The molecule has 1 aromatic heterocycles. The first kappa shape index (κ1) is 22.6. The largest absolute Gasteiger partial charge is 0.337 e. The first-order valence-corrected chi connectivity index (χ1v) is 11.5. The molecule has 1 saturated carbocycles. The van der Waals surface area contributed by atoms with E-state index in [4.69, 9.17) is 4.52 Å². The van der Waals surface area contributed by atoms with Crippen LogP contribution in [0, 0.1) is 23.4 Å². The van der Waals surface area contributed by atoms with E-state index in [9.17, 15) is 18.0 Å². The lowest BCUT2D eigenvalue weighted by Crippen LogP contribution is -2.43. The lowest BCUT2D eigenvalue weighted by atomic mass is 9.97. The molecule has 6 nitrogen and oxygen atoms in total. The van der Waals surface area contributed by atoms with Crippen molar-refractivity contribution >= 4 is 5.91 Å². The Balaban J connectivity index is 1.34. The topological polar surface area (TPSA) is 71.3 Å². The van der Waals surface area contributed by atoms with Gasteiger partial charge < -0.3 is 14.7 Å². The maximum Gasteiger partial charge on any atom is 0.250 e. The number of carbonyl (C=O) groups is 1. The molecule has 9 heteroatoms. The average Bonchev–Trinajstić information content (AvgIpc) is 3.58. The molecule has 1 saturated heterocycles. The average molecular weight is 470 g/mol. The Hall–Kier alpha value is -3.20. The lowest BCUT2D eigenvalue weighted by molar-refractivity contribution is -0.137. The van der Waals surface area contributed by atoms with Crippen molar-refractivity contribution in [2.45, 2.75) is 50.2 Å². The highest BCUT2D eigenvalue weighted by Gasteiger charge is 2.51. The van der Waals surface area contributed by atoms with Gasteiger partial charge in [0.05, 0.1) is 0 Å². The van der Waals surface area contributed by atoms with Crippen molar-refractivity contribution in [3.63, 3.8) is 0 Å². The van der Waals surface area contributed by atoms with Crippen molar-refractivity contribution < 1.29 is 22.5 Å². The van der Waals surface area contributed by atoms with Crippen LogP contribution >= 0.6 is 0 Å². The Morgan fingerprint density at radius 2 is 1.91 bits per heavy atom. The van der Waals surface area contributed by atoms with Gasteiger partial charge in [-0.1, -0.05) is 35.5 Å². The monoisotopic (exact) mass is 470 g/mol. The summed E-state index contributed by atoms with van der Waals surface area (Å²) in [6.45, 7) is 0. The number of amides is 1. The molecule has 1 N–H and O–H groups in total. The molecule has 34 heavy (non-hydrogen) atoms. The Kier molecular flexibility index (Phi) is 6.12. The van der Waals surface area contributed by atoms with Crippen molar-refractivity contribution in [1.82, 2.24) is 20.4 Å². The van der Waals surface area contributed by atoms with E-state index in [0.29, 0.717) is 17.8 Å². The van der Waals surface area contributed by atoms with E-state index in [-0.39, 0.29) is 42.3 Å². The van der Waals surface area contributed by atoms with Crippen LogP contribution in [0.15, 0.2) is 47.0 Å². The highest BCUT2D eigenvalue weighted by molar-refractivity contribution is 5.78. The van der Waals surface area contributed by atoms with E-state index in [1.807, 2.05) is 35.2 Å². The van der Waals surface area contributed by atoms with Crippen LogP contribution in [0.4, 0.5) is 13.2 Å². The van der Waals surface area contributed by atoms with Crippen molar-refractivity contribution in [1.29, 1.82) is 0 Å². The highest BCUT2D eigenvalue weighted by Crippen LogP contribution is 2.50. The molecule has 2 aromatic carbocycles. The molecule has 178 valence electrons. The van der Waals surface area contributed by atoms with Crippen molar-refractivity contribution in [3.05, 3.63) is 71.4 Å². The minimum Gasteiger partial charge on any atom is -0.337 e. The van der Waals surface area contributed by atoms with E-state index in [1.54, 1.807) is 7.05 Å². The fourth-order valence-electron chi connectivity index (χ4n) is 5.30. The van der Waals surface area contributed by atoms with Crippen LogP contribution in [0.2, 0.25) is 0 Å². The first-order valence-electron chi connectivity index (χ1n) is 11.5. The van der Waals surface area contributed by atoms with Crippen LogP contribution in [0.1, 0.15) is 43.2 Å². The number of hydrogen-bond donors (Lipinski definition) is 1. The van der Waals surface area contributed by atoms with Gasteiger partial charge in [-0.3, -0.25) is 4.79 Å². The van der Waals surface area contributed by atoms with Gasteiger partial charge in [-0.05, 0) is 50.3 Å². The second kappa shape index (κ2) is 9.21. The second-order valence-corrected chi connectivity index (χ2v) is 9.05. The zero-order chi connectivity index (χ0) is 23.8. The number of fused-ring (bicyclic) bond motifs is 2. The summed E-state index contributed by atoms with van der Waals surface area (Å²) >= 11 is 0. The maximum absolute atomic E-state index is 14.2. The number of carbonyl (C=O) groups excluding carboxylic acids is 1. The minimum absolute atomic E-state index is 0.0231. The predicted molar refractivity (Wildman–Crippen MR) is 118 cm³/mol. The van der Waals surface area contributed by atoms with Crippen molar-refractivity contribution in [2.75, 3.05) is 7.05 Å². The Morgan fingerprint density at radius 1 is 1.15 bits per heavy atom. The summed E-state index contributed by atoms with van der Waals surface area (Å²) in [7, 11) is 1.66. The standard InChI is InChI=1S/C25H25F3N4O2/c1-29-17(9-16-11-20(27)21(28)13-19(16)26)12-22(33)32-18-8-7-15(10-18)23(32)25-30-24(31-34-25)14-5-3-2-4-6-14/h2-6,11,13,15,17-18,23,29H,7-10,12H2,1H3/t15?,17-,18?,23+/m1/s1. The number of piperidine rings is 1. The molecule has 5 rings (SSSR count). The number of likely N-dealkylation sites (tertiary alicyclic amines) is 1. The normalized spacial score (nSPS) is 22.4. The summed E-state index contributed by atoms with van der Waals surface area (Å²) in [6, 6.07) is 10.2. The Labute approximate surface area is 195 Å². The number of nitrogens with zero attached hydrogens (tertiary/aromatic N) is 3. The molecular weight excluding hydrogens is 445 g/mol. The van der Waals surface area contributed by atoms with Crippen LogP contribution in [-0.2, 0) is 11.2 Å². The number of hydrogen-bond acceptors (Lipinski definition) is 5. The minimum atomic E-state index is -1.23. The summed E-state index contributed by atoms with van der Waals surface area (Å²) in [6.07, 6.45) is 2.90. The SMILES string of the molecule is CN[C@@H](CC(=O)N1C2CCC(C2)[C@H]1c1nc(-c2ccccc2)no1)Cc1cc(F)c(F)cc1F. The number of rotatable bonds is 7. The molecule has 2 aliphatic rings. The van der Waals surface area contributed by atoms with Gasteiger partial charge in [0.15, 0.2) is 11.6 Å². The van der Waals surface area contributed by atoms with Crippen LogP contribution in [0.3, 0.4) is 0 Å². The molecule has 0 spiro atoms. The highest BCUT2D eigenvalue weighted by atomic mass is 19.2. The van der Waals surface area contributed by atoms with Crippen molar-refractivity contribution in [3.8, 4) is 11.4 Å². The van der Waals surface area contributed by atoms with E-state index in [1.165, 1.54) is 0 Å². The van der Waals surface area contributed by atoms with E-state index in [0.717, 1.165) is 30.9 Å². The Morgan fingerprint density at radius 3 is 2.68 bits per heavy atom. The lowest BCUT2D eigenvalue weighted by Gasteiger charge is -2.34. The molecule has 2 fully saturated rings. The summed E-state index contributed by atoms with van der Waals surface area (Å²) < 4.78 is 46.7. The first-order chi connectivity index (χ1) is 16.4. The summed E-state index contributed by atoms with van der Waals surface area (Å²) in [5.41, 5.74) is 0.859. The van der Waals surface area contributed by atoms with Crippen LogP contribution in [0.25, 0.3) is 11.4 Å². The molecule has 3 aromatic rings. The number of nitrogens with one attached hydrogen (secondary N) is 1. The van der Waals surface area contributed by atoms with Gasteiger partial charge in [0.1, 0.15) is 11.9 Å². The fraction of sp³-hybridized carbons (Fsp3) is 0.400. The molecule has 1 amide bonds. The quantitative estimate of drug-likeness (QED) is 0.518. The van der Waals surface area contributed by atoms with Gasteiger partial charge in [0.25, 0.3) is 0 Å². The third kappa shape index (κ3) is 4.20. The predicted octanol–water partition coefficient (Wildman–Crippen LogP) is 4.43. The van der Waals surface area contributed by atoms with Gasteiger partial charge in [-0.25, -0.2) is 13.2 Å². The van der Waals surface area contributed by atoms with Crippen LogP contribution in [0.5, 0.6) is 0 Å². The smallest absolute Gasteiger partial charge is 0.250 e. The van der Waals surface area contributed by atoms with Crippen LogP contribution < -0.4 is 5.32 Å². The Bertz CT molecular complexity index is 1190. The molecule has 2 bridgehead atoms. The van der Waals surface area contributed by atoms with Crippen LogP contribution in [-0.4, -0.2) is 40.1 Å². The molecular formula is C25H25F3N4O2. The van der Waals surface area contributed by atoms with Crippen molar-refractivity contribution in [2.24, 2.45) is 5.92 Å². The van der Waals surface area contributed by atoms with Gasteiger partial charge >= 0.3 is 0 Å². The molecule has 1 aliphatic heterocycles. The molecule has 0 radical (unpaired) electrons. The van der Waals surface area contributed by atoms with E-state index in [2.05, 4.69) is 15.5 Å². The summed E-state index contributed by atoms with van der Waals surface area (Å²) in [4.78, 5) is 19.9. The van der Waals surface area contributed by atoms with Gasteiger partial charge in [0, 0.05) is 30.1 Å². The molecule has 2 unspecified atom stereocenters. The number of halogens is 3. The van der Waals surface area contributed by atoms with Gasteiger partial charge in [-0.2, -0.15) is 4.98 Å². The zero-order valence-corrected chi connectivity index (χ0v) is 18.7. The number of aromatic nitrogens is 2. The summed E-state index contributed by atoms with van der Waals surface area (Å²) in [5, 5.41) is 7.13. The number of likely N-dealkylation sites (N-methyl/N-ethyl adjacent to an activating group) is 1.